The van der Waals surface area contributed by atoms with E-state index in [1.165, 1.54) is 22.3 Å². The topological polar surface area (TPSA) is 12.0 Å². The number of benzene rings is 2. The second kappa shape index (κ2) is 6.92. The molecule has 20 heavy (non-hydrogen) atoms. The van der Waals surface area contributed by atoms with Crippen molar-refractivity contribution in [3.8, 4) is 0 Å². The molecule has 0 radical (unpaired) electrons. The van der Waals surface area contributed by atoms with E-state index in [1.807, 2.05) is 18.2 Å². The second-order valence-corrected chi connectivity index (χ2v) is 5.97. The van der Waals surface area contributed by atoms with Crippen LogP contribution in [0, 0.1) is 13.8 Å². The van der Waals surface area contributed by atoms with E-state index in [1.54, 1.807) is 0 Å². The number of aryl methyl sites for hydroxylation is 2. The van der Waals surface area contributed by atoms with Gasteiger partial charge in [-0.25, -0.2) is 0 Å². The average molecular weight is 288 g/mol. The van der Waals surface area contributed by atoms with E-state index in [9.17, 15) is 0 Å². The van der Waals surface area contributed by atoms with E-state index < -0.39 is 0 Å². The molecule has 1 atom stereocenters. The van der Waals surface area contributed by atoms with Gasteiger partial charge in [0.15, 0.2) is 0 Å². The Balaban J connectivity index is 1.88. The van der Waals surface area contributed by atoms with Crippen LogP contribution in [0.3, 0.4) is 0 Å². The Morgan fingerprint density at radius 3 is 2.50 bits per heavy atom. The predicted octanol–water partition coefficient (Wildman–Crippen LogP) is 4.68. The van der Waals surface area contributed by atoms with Gasteiger partial charge in [0.1, 0.15) is 0 Å². The monoisotopic (exact) mass is 287 g/mol. The molecular weight excluding hydrogens is 266 g/mol. The number of hydrogen-bond donors (Lipinski definition) is 1. The van der Waals surface area contributed by atoms with Gasteiger partial charge in [0.05, 0.1) is 0 Å². The summed E-state index contributed by atoms with van der Waals surface area (Å²) in [5, 5.41) is 4.38. The van der Waals surface area contributed by atoms with Gasteiger partial charge in [-0.15, -0.1) is 0 Å². The third-order valence-corrected chi connectivity index (χ3v) is 3.89. The Morgan fingerprint density at radius 1 is 1.00 bits per heavy atom. The van der Waals surface area contributed by atoms with Gasteiger partial charge < -0.3 is 5.32 Å². The van der Waals surface area contributed by atoms with Crippen molar-refractivity contribution in [3.63, 3.8) is 0 Å². The van der Waals surface area contributed by atoms with Crippen LogP contribution in [0.5, 0.6) is 0 Å². The summed E-state index contributed by atoms with van der Waals surface area (Å²) in [6, 6.07) is 15.2. The molecule has 0 aliphatic rings. The van der Waals surface area contributed by atoms with Gasteiger partial charge in [0.25, 0.3) is 0 Å². The number of rotatable bonds is 5. The SMILES string of the molecule is Cc1ccc(CNC(C)Cc2cccc(Cl)c2)cc1C. The molecule has 0 spiro atoms. The van der Waals surface area contributed by atoms with Crippen LogP contribution in [-0.4, -0.2) is 6.04 Å². The van der Waals surface area contributed by atoms with Gasteiger partial charge >= 0.3 is 0 Å². The van der Waals surface area contributed by atoms with Crippen molar-refractivity contribution in [2.75, 3.05) is 0 Å². The third-order valence-electron chi connectivity index (χ3n) is 3.66. The molecule has 0 heterocycles. The molecule has 0 fully saturated rings. The van der Waals surface area contributed by atoms with Crippen LogP contribution in [0.4, 0.5) is 0 Å². The van der Waals surface area contributed by atoms with E-state index in [0.717, 1.165) is 18.0 Å². The van der Waals surface area contributed by atoms with E-state index >= 15 is 0 Å². The summed E-state index contributed by atoms with van der Waals surface area (Å²) in [6.07, 6.45) is 0.991. The first-order valence-electron chi connectivity index (χ1n) is 7.08. The van der Waals surface area contributed by atoms with E-state index in [0.29, 0.717) is 6.04 Å². The van der Waals surface area contributed by atoms with Gasteiger partial charge in [-0.2, -0.15) is 0 Å². The molecule has 2 heteroatoms. The van der Waals surface area contributed by atoms with E-state index in [2.05, 4.69) is 50.4 Å². The summed E-state index contributed by atoms with van der Waals surface area (Å²) >= 11 is 6.01. The fraction of sp³-hybridized carbons (Fsp3) is 0.333. The van der Waals surface area contributed by atoms with Gasteiger partial charge in [0, 0.05) is 17.6 Å². The molecule has 0 aliphatic carbocycles. The van der Waals surface area contributed by atoms with Crippen LogP contribution in [0.1, 0.15) is 29.2 Å². The lowest BCUT2D eigenvalue weighted by Crippen LogP contribution is -2.27. The van der Waals surface area contributed by atoms with Crippen molar-refractivity contribution in [2.45, 2.75) is 39.8 Å². The average Bonchev–Trinajstić information content (AvgIpc) is 2.40. The maximum atomic E-state index is 6.01. The molecule has 0 bridgehead atoms. The summed E-state index contributed by atoms with van der Waals surface area (Å²) in [7, 11) is 0. The zero-order chi connectivity index (χ0) is 14.5. The molecule has 2 aromatic rings. The minimum absolute atomic E-state index is 0.426. The molecule has 0 aliphatic heterocycles. The first-order chi connectivity index (χ1) is 9.54. The van der Waals surface area contributed by atoms with Crippen molar-refractivity contribution in [3.05, 3.63) is 69.7 Å². The lowest BCUT2D eigenvalue weighted by Gasteiger charge is -2.15. The first-order valence-corrected chi connectivity index (χ1v) is 7.46. The smallest absolute Gasteiger partial charge is 0.0408 e. The standard InChI is InChI=1S/C18H22ClN/c1-13-7-8-17(9-14(13)2)12-20-15(3)10-16-5-4-6-18(19)11-16/h4-9,11,15,20H,10,12H2,1-3H3. The highest BCUT2D eigenvalue weighted by molar-refractivity contribution is 6.30. The number of halogens is 1. The molecule has 0 saturated carbocycles. The molecule has 0 amide bonds. The molecule has 1 nitrogen and oxygen atoms in total. The Bertz CT molecular complexity index is 577. The third kappa shape index (κ3) is 4.36. The molecule has 1 N–H and O–H groups in total. The maximum Gasteiger partial charge on any atom is 0.0408 e. The van der Waals surface area contributed by atoms with Crippen molar-refractivity contribution in [1.29, 1.82) is 0 Å². The molecule has 1 unspecified atom stereocenters. The minimum atomic E-state index is 0.426. The van der Waals surface area contributed by atoms with Crippen LogP contribution in [0.15, 0.2) is 42.5 Å². The molecular formula is C18H22ClN. The molecule has 0 aromatic heterocycles. The van der Waals surface area contributed by atoms with E-state index in [-0.39, 0.29) is 0 Å². The summed E-state index contributed by atoms with van der Waals surface area (Å²) in [4.78, 5) is 0. The fourth-order valence-electron chi connectivity index (χ4n) is 2.30. The molecule has 0 saturated heterocycles. The molecule has 106 valence electrons. The Labute approximate surface area is 127 Å². The highest BCUT2D eigenvalue weighted by atomic mass is 35.5. The quantitative estimate of drug-likeness (QED) is 0.842. The van der Waals surface area contributed by atoms with Crippen molar-refractivity contribution < 1.29 is 0 Å². The van der Waals surface area contributed by atoms with Crippen molar-refractivity contribution >= 4 is 11.6 Å². The lowest BCUT2D eigenvalue weighted by molar-refractivity contribution is 0.545. The highest BCUT2D eigenvalue weighted by Crippen LogP contribution is 2.13. The Kier molecular flexibility index (Phi) is 5.22. The maximum absolute atomic E-state index is 6.01. The van der Waals surface area contributed by atoms with Crippen LogP contribution in [0.2, 0.25) is 5.02 Å². The van der Waals surface area contributed by atoms with Crippen molar-refractivity contribution in [2.24, 2.45) is 0 Å². The van der Waals surface area contributed by atoms with Gasteiger partial charge in [-0.3, -0.25) is 0 Å². The highest BCUT2D eigenvalue weighted by Gasteiger charge is 2.04. The number of nitrogens with one attached hydrogen (secondary N) is 1. The van der Waals surface area contributed by atoms with Crippen LogP contribution in [0.25, 0.3) is 0 Å². The van der Waals surface area contributed by atoms with Gasteiger partial charge in [-0.1, -0.05) is 41.9 Å². The minimum Gasteiger partial charge on any atom is -0.310 e. The normalized spacial score (nSPS) is 12.4. The summed E-state index contributed by atoms with van der Waals surface area (Å²) in [6.45, 7) is 7.42. The predicted molar refractivity (Wildman–Crippen MR) is 87.4 cm³/mol. The van der Waals surface area contributed by atoms with E-state index in [4.69, 9.17) is 11.6 Å². The Morgan fingerprint density at radius 2 is 1.80 bits per heavy atom. The van der Waals surface area contributed by atoms with Crippen LogP contribution in [-0.2, 0) is 13.0 Å². The fourth-order valence-corrected chi connectivity index (χ4v) is 2.51. The number of hydrogen-bond acceptors (Lipinski definition) is 1. The molecule has 2 aromatic carbocycles. The largest absolute Gasteiger partial charge is 0.310 e. The zero-order valence-electron chi connectivity index (χ0n) is 12.4. The van der Waals surface area contributed by atoms with Crippen LogP contribution >= 0.6 is 11.6 Å². The van der Waals surface area contributed by atoms with Gasteiger partial charge in [-0.05, 0) is 61.6 Å². The molecule has 2 rings (SSSR count). The first kappa shape index (κ1) is 15.1. The summed E-state index contributed by atoms with van der Waals surface area (Å²) in [5.74, 6) is 0. The van der Waals surface area contributed by atoms with Gasteiger partial charge in [0.2, 0.25) is 0 Å². The zero-order valence-corrected chi connectivity index (χ0v) is 13.2. The summed E-state index contributed by atoms with van der Waals surface area (Å²) < 4.78 is 0. The lowest BCUT2D eigenvalue weighted by atomic mass is 10.0. The van der Waals surface area contributed by atoms with Crippen LogP contribution < -0.4 is 5.32 Å². The van der Waals surface area contributed by atoms with Crippen molar-refractivity contribution in [1.82, 2.24) is 5.32 Å². The summed E-state index contributed by atoms with van der Waals surface area (Å²) in [5.41, 5.74) is 5.32. The Hall–Kier alpha value is -1.31. The second-order valence-electron chi connectivity index (χ2n) is 5.53.